The predicted molar refractivity (Wildman–Crippen MR) is 102 cm³/mol. The lowest BCUT2D eigenvalue weighted by atomic mass is 9.82. The second-order valence-corrected chi connectivity index (χ2v) is 7.78. The van der Waals surface area contributed by atoms with Crippen molar-refractivity contribution >= 4 is 17.7 Å². The summed E-state index contributed by atoms with van der Waals surface area (Å²) in [4.78, 5) is 32.2. The number of piperidine rings is 1. The number of carboxylic acid groups (broad SMARTS) is 1. The van der Waals surface area contributed by atoms with Gasteiger partial charge in [0.1, 0.15) is 12.1 Å². The van der Waals surface area contributed by atoms with Crippen LogP contribution in [0.4, 0.5) is 19.0 Å². The van der Waals surface area contributed by atoms with E-state index in [1.54, 1.807) is 7.11 Å². The smallest absolute Gasteiger partial charge is 0.481 e. The Morgan fingerprint density at radius 2 is 2.00 bits per heavy atom. The lowest BCUT2D eigenvalue weighted by molar-refractivity contribution is -0.192. The monoisotopic (exact) mass is 446 g/mol. The fraction of sp³-hybridized carbons (Fsp3) is 0.684. The topological polar surface area (TPSA) is 114 Å². The number of hydrogen-bond donors (Lipinski definition) is 2. The van der Waals surface area contributed by atoms with Crippen molar-refractivity contribution in [1.29, 1.82) is 0 Å². The van der Waals surface area contributed by atoms with Crippen LogP contribution in [0.5, 0.6) is 5.88 Å². The third kappa shape index (κ3) is 6.18. The van der Waals surface area contributed by atoms with Gasteiger partial charge < -0.3 is 24.8 Å². The summed E-state index contributed by atoms with van der Waals surface area (Å²) in [6, 6.07) is 1.81. The second kappa shape index (κ2) is 9.67. The molecule has 3 fully saturated rings. The fourth-order valence-corrected chi connectivity index (χ4v) is 3.75. The molecule has 1 aromatic rings. The molecule has 1 saturated carbocycles. The molecule has 2 N–H and O–H groups in total. The first-order valence-corrected chi connectivity index (χ1v) is 9.99. The number of carbonyl (C=O) groups is 2. The number of aromatic nitrogens is 2. The number of ether oxygens (including phenoxy) is 2. The molecule has 9 nitrogen and oxygen atoms in total. The van der Waals surface area contributed by atoms with Crippen LogP contribution in [0.2, 0.25) is 0 Å². The van der Waals surface area contributed by atoms with E-state index in [0.29, 0.717) is 24.3 Å². The van der Waals surface area contributed by atoms with Crippen LogP contribution in [0, 0.1) is 17.8 Å². The average molecular weight is 446 g/mol. The van der Waals surface area contributed by atoms with Crippen molar-refractivity contribution in [1.82, 2.24) is 15.3 Å². The molecule has 1 aromatic heterocycles. The van der Waals surface area contributed by atoms with E-state index in [9.17, 15) is 18.0 Å². The number of nitrogens with zero attached hydrogens (tertiary/aromatic N) is 3. The Labute approximate surface area is 176 Å². The number of nitrogens with one attached hydrogen (secondary N) is 1. The van der Waals surface area contributed by atoms with Crippen LogP contribution >= 0.6 is 0 Å². The van der Waals surface area contributed by atoms with Crippen molar-refractivity contribution in [3.8, 4) is 5.88 Å². The Morgan fingerprint density at radius 1 is 1.29 bits per heavy atom. The molecule has 3 atom stereocenters. The van der Waals surface area contributed by atoms with Crippen LogP contribution in [0.3, 0.4) is 0 Å². The molecule has 0 spiro atoms. The number of fused-ring (bicyclic) bond motifs is 1. The highest BCUT2D eigenvalue weighted by molar-refractivity contribution is 5.80. The van der Waals surface area contributed by atoms with Gasteiger partial charge in [-0.15, -0.1) is 0 Å². The van der Waals surface area contributed by atoms with E-state index >= 15 is 0 Å². The zero-order valence-electron chi connectivity index (χ0n) is 17.0. The lowest BCUT2D eigenvalue weighted by Gasteiger charge is -2.39. The molecule has 1 aliphatic carbocycles. The summed E-state index contributed by atoms with van der Waals surface area (Å²) >= 11 is 0. The van der Waals surface area contributed by atoms with Gasteiger partial charge in [0, 0.05) is 38.2 Å². The lowest BCUT2D eigenvalue weighted by Crippen LogP contribution is -2.53. The number of halogens is 3. The first kappa shape index (κ1) is 23.0. The maximum Gasteiger partial charge on any atom is 0.490 e. The van der Waals surface area contributed by atoms with Gasteiger partial charge in [0.2, 0.25) is 11.8 Å². The number of aliphatic carboxylic acids is 1. The molecular formula is C19H25F3N4O5. The number of carbonyl (C=O) groups excluding carboxylic acids is 1. The molecule has 0 bridgehead atoms. The van der Waals surface area contributed by atoms with Crippen LogP contribution in [0.25, 0.3) is 0 Å². The number of alkyl halides is 3. The van der Waals surface area contributed by atoms with Gasteiger partial charge in [-0.3, -0.25) is 4.79 Å². The molecule has 31 heavy (non-hydrogen) atoms. The van der Waals surface area contributed by atoms with E-state index in [1.165, 1.54) is 19.2 Å². The SMILES string of the molecule is COc1cc(N2C[C@H](C(=O)NCC3CC3)[C@@H]3CCO[C@@H]3C2)ncn1.O=C(O)C(F)(F)F. The van der Waals surface area contributed by atoms with Crippen molar-refractivity contribution in [3.63, 3.8) is 0 Å². The fourth-order valence-electron chi connectivity index (χ4n) is 3.75. The molecule has 3 aliphatic rings. The summed E-state index contributed by atoms with van der Waals surface area (Å²) in [5.41, 5.74) is 0. The number of hydrogen-bond acceptors (Lipinski definition) is 7. The minimum Gasteiger partial charge on any atom is -0.481 e. The van der Waals surface area contributed by atoms with Crippen LogP contribution in [-0.4, -0.2) is 72.6 Å². The van der Waals surface area contributed by atoms with Crippen molar-refractivity contribution in [2.45, 2.75) is 31.5 Å². The molecule has 2 aliphatic heterocycles. The van der Waals surface area contributed by atoms with Crippen LogP contribution in [-0.2, 0) is 14.3 Å². The van der Waals surface area contributed by atoms with E-state index in [-0.39, 0.29) is 17.9 Å². The zero-order valence-corrected chi connectivity index (χ0v) is 17.0. The molecule has 2 saturated heterocycles. The molecule has 172 valence electrons. The van der Waals surface area contributed by atoms with E-state index in [0.717, 1.165) is 31.9 Å². The van der Waals surface area contributed by atoms with E-state index in [4.69, 9.17) is 19.4 Å². The molecule has 0 unspecified atom stereocenters. The quantitative estimate of drug-likeness (QED) is 0.699. The summed E-state index contributed by atoms with van der Waals surface area (Å²) in [7, 11) is 1.59. The highest BCUT2D eigenvalue weighted by Crippen LogP contribution is 2.36. The maximum atomic E-state index is 12.7. The summed E-state index contributed by atoms with van der Waals surface area (Å²) in [5, 5.41) is 10.3. The maximum absolute atomic E-state index is 12.7. The van der Waals surface area contributed by atoms with Gasteiger partial charge in [-0.05, 0) is 25.2 Å². The summed E-state index contributed by atoms with van der Waals surface area (Å²) < 4.78 is 42.8. The molecule has 1 amide bonds. The normalized spacial score (nSPS) is 25.2. The van der Waals surface area contributed by atoms with Crippen LogP contribution < -0.4 is 15.0 Å². The van der Waals surface area contributed by atoms with Gasteiger partial charge in [0.15, 0.2) is 0 Å². The third-order valence-corrected chi connectivity index (χ3v) is 5.60. The standard InChI is InChI=1S/C17H24N4O3.C2HF3O2/c1-23-16-6-15(19-10-20-16)21-8-13(12-4-5-24-14(12)9-21)17(22)18-7-11-2-3-11;3-2(4,5)1(6)7/h6,10-14H,2-5,7-9H2,1H3,(H,18,22);(H,6,7)/t12-,13-,14+;/m0./s1. The number of anilines is 1. The number of rotatable bonds is 5. The van der Waals surface area contributed by atoms with E-state index in [1.807, 2.05) is 6.07 Å². The second-order valence-electron chi connectivity index (χ2n) is 7.78. The Balaban J connectivity index is 0.000000339. The predicted octanol–water partition coefficient (Wildman–Crippen LogP) is 1.49. The molecule has 12 heteroatoms. The van der Waals surface area contributed by atoms with Crippen LogP contribution in [0.1, 0.15) is 19.3 Å². The third-order valence-electron chi connectivity index (χ3n) is 5.60. The van der Waals surface area contributed by atoms with Crippen molar-refractivity contribution in [2.75, 3.05) is 38.3 Å². The summed E-state index contributed by atoms with van der Waals surface area (Å²) in [6.45, 7) is 2.98. The molecule has 4 rings (SSSR count). The zero-order chi connectivity index (χ0) is 22.6. The minimum atomic E-state index is -5.08. The molecule has 0 aromatic carbocycles. The van der Waals surface area contributed by atoms with Gasteiger partial charge in [-0.25, -0.2) is 14.8 Å². The van der Waals surface area contributed by atoms with Gasteiger partial charge >= 0.3 is 12.1 Å². The highest BCUT2D eigenvalue weighted by atomic mass is 19.4. The van der Waals surface area contributed by atoms with Gasteiger partial charge in [-0.1, -0.05) is 0 Å². The van der Waals surface area contributed by atoms with Crippen molar-refractivity contribution < 1.29 is 37.3 Å². The first-order valence-electron chi connectivity index (χ1n) is 9.99. The Bertz CT molecular complexity index is 790. The number of amides is 1. The van der Waals surface area contributed by atoms with Crippen molar-refractivity contribution in [2.24, 2.45) is 17.8 Å². The van der Waals surface area contributed by atoms with Crippen molar-refractivity contribution in [3.05, 3.63) is 12.4 Å². The Morgan fingerprint density at radius 3 is 2.61 bits per heavy atom. The molecule has 3 heterocycles. The molecular weight excluding hydrogens is 421 g/mol. The van der Waals surface area contributed by atoms with E-state index < -0.39 is 12.1 Å². The number of carboxylic acids is 1. The van der Waals surface area contributed by atoms with Gasteiger partial charge in [0.25, 0.3) is 0 Å². The van der Waals surface area contributed by atoms with E-state index in [2.05, 4.69) is 20.2 Å². The average Bonchev–Trinajstić information content (AvgIpc) is 3.45. The number of methoxy groups -OCH3 is 1. The van der Waals surface area contributed by atoms with Crippen LogP contribution in [0.15, 0.2) is 12.4 Å². The Hall–Kier alpha value is -2.63. The van der Waals surface area contributed by atoms with Gasteiger partial charge in [-0.2, -0.15) is 13.2 Å². The minimum absolute atomic E-state index is 0.0500. The summed E-state index contributed by atoms with van der Waals surface area (Å²) in [6.07, 6.45) is -0.0401. The largest absolute Gasteiger partial charge is 0.490 e. The van der Waals surface area contributed by atoms with Gasteiger partial charge in [0.05, 0.1) is 19.1 Å². The molecule has 0 radical (unpaired) electrons. The Kier molecular flexibility index (Phi) is 7.19. The first-order chi connectivity index (χ1) is 14.7. The summed E-state index contributed by atoms with van der Waals surface area (Å²) in [5.74, 6) is -0.328. The highest BCUT2D eigenvalue weighted by Gasteiger charge is 2.44.